The van der Waals surface area contributed by atoms with Crippen molar-refractivity contribution < 1.29 is 4.79 Å². The average Bonchev–Trinajstić information content (AvgIpc) is 3.07. The Bertz CT molecular complexity index is 625. The van der Waals surface area contributed by atoms with E-state index in [-0.39, 0.29) is 11.9 Å². The van der Waals surface area contributed by atoms with Crippen molar-refractivity contribution in [2.75, 3.05) is 6.54 Å². The lowest BCUT2D eigenvalue weighted by molar-refractivity contribution is 0.0740. The summed E-state index contributed by atoms with van der Waals surface area (Å²) in [4.78, 5) is 15.4. The van der Waals surface area contributed by atoms with Gasteiger partial charge >= 0.3 is 0 Å². The predicted octanol–water partition coefficient (Wildman–Crippen LogP) is 5.14. The van der Waals surface area contributed by atoms with Gasteiger partial charge in [0.25, 0.3) is 5.91 Å². The fourth-order valence-corrected chi connectivity index (χ4v) is 4.08. The highest BCUT2D eigenvalue weighted by Crippen LogP contribution is 2.35. The predicted molar refractivity (Wildman–Crippen MR) is 86.5 cm³/mol. The van der Waals surface area contributed by atoms with Gasteiger partial charge in [-0.05, 0) is 58.6 Å². The second kappa shape index (κ2) is 5.88. The fraction of sp³-hybridized carbons (Fsp3) is 0.267. The van der Waals surface area contributed by atoms with Crippen LogP contribution < -0.4 is 0 Å². The maximum Gasteiger partial charge on any atom is 0.264 e. The summed E-state index contributed by atoms with van der Waals surface area (Å²) in [6.07, 6.45) is 2.06. The Morgan fingerprint density at radius 1 is 1.25 bits per heavy atom. The van der Waals surface area contributed by atoms with Crippen LogP contribution in [0.4, 0.5) is 0 Å². The normalized spacial score (nSPS) is 18.5. The maximum absolute atomic E-state index is 12.6. The van der Waals surface area contributed by atoms with E-state index in [4.69, 9.17) is 11.6 Å². The molecule has 0 radical (unpaired) electrons. The summed E-state index contributed by atoms with van der Waals surface area (Å²) >= 11 is 10.8. The molecule has 0 aliphatic carbocycles. The third-order valence-corrected chi connectivity index (χ3v) is 5.42. The van der Waals surface area contributed by atoms with Gasteiger partial charge in [0.15, 0.2) is 0 Å². The van der Waals surface area contributed by atoms with Crippen LogP contribution in [0.5, 0.6) is 0 Å². The number of carbonyl (C=O) groups is 1. The van der Waals surface area contributed by atoms with Gasteiger partial charge in [0.05, 0.1) is 14.7 Å². The first kappa shape index (κ1) is 14.1. The van der Waals surface area contributed by atoms with E-state index in [2.05, 4.69) is 15.9 Å². The molecule has 104 valence electrons. The lowest BCUT2D eigenvalue weighted by atomic mass is 10.0. The van der Waals surface area contributed by atoms with Crippen LogP contribution in [0.1, 0.15) is 34.1 Å². The van der Waals surface area contributed by atoms with Gasteiger partial charge in [-0.25, -0.2) is 0 Å². The number of hydrogen-bond donors (Lipinski definition) is 0. The Kier molecular flexibility index (Phi) is 4.15. The molecule has 1 aliphatic heterocycles. The van der Waals surface area contributed by atoms with E-state index in [1.807, 2.05) is 41.3 Å². The van der Waals surface area contributed by atoms with Crippen LogP contribution in [-0.2, 0) is 0 Å². The minimum atomic E-state index is 0.123. The van der Waals surface area contributed by atoms with Crippen molar-refractivity contribution >= 4 is 44.8 Å². The summed E-state index contributed by atoms with van der Waals surface area (Å²) in [7, 11) is 0. The van der Waals surface area contributed by atoms with Crippen molar-refractivity contribution in [3.8, 4) is 0 Å². The standard InChI is InChI=1S/C15H13BrClNOS/c16-14-8-7-13(20-14)15(19)18-9-1-2-12(18)10-3-5-11(17)6-4-10/h3-8,12H,1-2,9H2. The van der Waals surface area contributed by atoms with Crippen LogP contribution in [0.25, 0.3) is 0 Å². The zero-order chi connectivity index (χ0) is 14.1. The smallest absolute Gasteiger partial charge is 0.264 e. The van der Waals surface area contributed by atoms with E-state index in [1.54, 1.807) is 0 Å². The van der Waals surface area contributed by atoms with Crippen molar-refractivity contribution in [2.45, 2.75) is 18.9 Å². The summed E-state index contributed by atoms with van der Waals surface area (Å²) in [5, 5.41) is 0.729. The second-order valence-corrected chi connectivity index (χ2v) is 7.71. The van der Waals surface area contributed by atoms with Crippen LogP contribution in [0.2, 0.25) is 5.02 Å². The van der Waals surface area contributed by atoms with Gasteiger partial charge in [-0.2, -0.15) is 0 Å². The molecule has 1 fully saturated rings. The number of likely N-dealkylation sites (tertiary alicyclic amines) is 1. The van der Waals surface area contributed by atoms with E-state index in [1.165, 1.54) is 11.3 Å². The number of benzene rings is 1. The van der Waals surface area contributed by atoms with Gasteiger partial charge < -0.3 is 4.90 Å². The third kappa shape index (κ3) is 2.78. The van der Waals surface area contributed by atoms with Crippen LogP contribution in [0.15, 0.2) is 40.2 Å². The van der Waals surface area contributed by atoms with Gasteiger partial charge in [-0.3, -0.25) is 4.79 Å². The number of amides is 1. The number of halogens is 2. The molecule has 0 bridgehead atoms. The number of carbonyl (C=O) groups excluding carboxylic acids is 1. The Morgan fingerprint density at radius 2 is 2.00 bits per heavy atom. The highest BCUT2D eigenvalue weighted by atomic mass is 79.9. The van der Waals surface area contributed by atoms with Gasteiger partial charge in [-0.1, -0.05) is 23.7 Å². The van der Waals surface area contributed by atoms with Crippen molar-refractivity contribution in [3.05, 3.63) is 55.6 Å². The van der Waals surface area contributed by atoms with Gasteiger partial charge in [0, 0.05) is 11.6 Å². The van der Waals surface area contributed by atoms with E-state index in [9.17, 15) is 4.79 Å². The van der Waals surface area contributed by atoms with Crippen LogP contribution in [-0.4, -0.2) is 17.4 Å². The topological polar surface area (TPSA) is 20.3 Å². The van der Waals surface area contributed by atoms with E-state index >= 15 is 0 Å². The molecule has 3 rings (SSSR count). The molecule has 20 heavy (non-hydrogen) atoms. The molecule has 1 saturated heterocycles. The first-order valence-electron chi connectivity index (χ1n) is 6.47. The van der Waals surface area contributed by atoms with E-state index < -0.39 is 0 Å². The highest BCUT2D eigenvalue weighted by molar-refractivity contribution is 9.11. The van der Waals surface area contributed by atoms with Crippen LogP contribution in [0, 0.1) is 0 Å². The van der Waals surface area contributed by atoms with Crippen molar-refractivity contribution in [3.63, 3.8) is 0 Å². The summed E-state index contributed by atoms with van der Waals surface area (Å²) in [6.45, 7) is 0.821. The molecule has 0 saturated carbocycles. The van der Waals surface area contributed by atoms with Crippen LogP contribution in [0.3, 0.4) is 0 Å². The molecular formula is C15H13BrClNOS. The molecule has 2 nitrogen and oxygen atoms in total. The Balaban J connectivity index is 1.85. The van der Waals surface area contributed by atoms with Crippen molar-refractivity contribution in [1.82, 2.24) is 4.90 Å². The van der Waals surface area contributed by atoms with E-state index in [0.29, 0.717) is 0 Å². The number of thiophene rings is 1. The molecule has 2 heterocycles. The summed E-state index contributed by atoms with van der Waals surface area (Å²) in [5.74, 6) is 0.123. The quantitative estimate of drug-likeness (QED) is 0.716. The van der Waals surface area contributed by atoms with Crippen LogP contribution >= 0.6 is 38.9 Å². The minimum absolute atomic E-state index is 0.123. The first-order chi connectivity index (χ1) is 9.65. The lowest BCUT2D eigenvalue weighted by Crippen LogP contribution is -2.29. The molecule has 1 amide bonds. The zero-order valence-corrected chi connectivity index (χ0v) is 13.8. The molecule has 1 atom stereocenters. The van der Waals surface area contributed by atoms with Gasteiger partial charge in [0.2, 0.25) is 0 Å². The first-order valence-corrected chi connectivity index (χ1v) is 8.45. The van der Waals surface area contributed by atoms with Crippen molar-refractivity contribution in [1.29, 1.82) is 0 Å². The monoisotopic (exact) mass is 369 g/mol. The number of nitrogens with zero attached hydrogens (tertiary/aromatic N) is 1. The Morgan fingerprint density at radius 3 is 2.65 bits per heavy atom. The fourth-order valence-electron chi connectivity index (χ4n) is 2.61. The minimum Gasteiger partial charge on any atom is -0.331 e. The summed E-state index contributed by atoms with van der Waals surface area (Å²) in [5.41, 5.74) is 1.16. The highest BCUT2D eigenvalue weighted by Gasteiger charge is 2.31. The Hall–Kier alpha value is -0.840. The summed E-state index contributed by atoms with van der Waals surface area (Å²) < 4.78 is 0.989. The molecule has 1 aromatic carbocycles. The van der Waals surface area contributed by atoms with Gasteiger partial charge in [-0.15, -0.1) is 11.3 Å². The SMILES string of the molecule is O=C(c1ccc(Br)s1)N1CCCC1c1ccc(Cl)cc1. The molecule has 1 aliphatic rings. The molecule has 5 heteroatoms. The summed E-state index contributed by atoms with van der Waals surface area (Å²) in [6, 6.07) is 11.8. The molecule has 0 spiro atoms. The molecule has 1 unspecified atom stereocenters. The third-order valence-electron chi connectivity index (χ3n) is 3.55. The second-order valence-electron chi connectivity index (χ2n) is 4.81. The van der Waals surface area contributed by atoms with Gasteiger partial charge in [0.1, 0.15) is 0 Å². The van der Waals surface area contributed by atoms with Crippen molar-refractivity contribution in [2.24, 2.45) is 0 Å². The average molecular weight is 371 g/mol. The molecule has 2 aromatic rings. The Labute approximate surface area is 135 Å². The molecular weight excluding hydrogens is 358 g/mol. The number of hydrogen-bond acceptors (Lipinski definition) is 2. The molecule has 0 N–H and O–H groups in total. The molecule has 1 aromatic heterocycles. The lowest BCUT2D eigenvalue weighted by Gasteiger charge is -2.24. The number of rotatable bonds is 2. The maximum atomic E-state index is 12.6. The van der Waals surface area contributed by atoms with E-state index in [0.717, 1.165) is 38.6 Å². The zero-order valence-electron chi connectivity index (χ0n) is 10.7. The largest absolute Gasteiger partial charge is 0.331 e.